The van der Waals surface area contributed by atoms with E-state index in [2.05, 4.69) is 9.44 Å². The molecule has 1 fully saturated rings. The van der Waals surface area contributed by atoms with Crippen molar-refractivity contribution in [2.45, 2.75) is 55.5 Å². The monoisotopic (exact) mass is 434 g/mol. The first kappa shape index (κ1) is 23.9. The van der Waals surface area contributed by atoms with Crippen LogP contribution in [-0.4, -0.2) is 86.9 Å². The maximum Gasteiger partial charge on any atom is 0.284 e. The average molecular weight is 435 g/mol. The van der Waals surface area contributed by atoms with Gasteiger partial charge in [-0.25, -0.2) is 0 Å². The molecule has 1 rings (SSSR count). The fraction of sp³-hybridized carbons (Fsp3) is 0.923. The van der Waals surface area contributed by atoms with Crippen molar-refractivity contribution in [1.29, 1.82) is 0 Å². The van der Waals surface area contributed by atoms with Crippen LogP contribution in [0.5, 0.6) is 0 Å². The Kier molecular flexibility index (Phi) is 10.7. The lowest BCUT2D eigenvalue weighted by atomic mass is 10.0. The molecule has 4 N–H and O–H groups in total. The maximum atomic E-state index is 10.6. The van der Waals surface area contributed by atoms with Crippen LogP contribution in [0.1, 0.15) is 25.7 Å². The second-order valence-electron chi connectivity index (χ2n) is 5.59. The molecule has 26 heavy (non-hydrogen) atoms. The van der Waals surface area contributed by atoms with Crippen molar-refractivity contribution in [3.05, 3.63) is 0 Å². The molecule has 1 heterocycles. The molecular formula is C13H24NO9S3-. The number of hydrogen-bond donors (Lipinski definition) is 4. The Labute approximate surface area is 160 Å². The predicted octanol–water partition coefficient (Wildman–Crippen LogP) is -0.767. The van der Waals surface area contributed by atoms with Gasteiger partial charge in [0.05, 0.1) is 6.61 Å². The summed E-state index contributed by atoms with van der Waals surface area (Å²) in [6, 6.07) is 0. The van der Waals surface area contributed by atoms with Crippen LogP contribution in [0.15, 0.2) is 5.16 Å². The van der Waals surface area contributed by atoms with Crippen molar-refractivity contribution in [3.8, 4) is 0 Å². The van der Waals surface area contributed by atoms with Crippen molar-refractivity contribution in [2.75, 3.05) is 18.6 Å². The first-order valence-corrected chi connectivity index (χ1v) is 11.5. The van der Waals surface area contributed by atoms with Gasteiger partial charge < -0.3 is 29.7 Å². The summed E-state index contributed by atoms with van der Waals surface area (Å²) < 4.78 is 41.1. The van der Waals surface area contributed by atoms with E-state index in [9.17, 15) is 33.4 Å². The quantitative estimate of drug-likeness (QED) is 0.0850. The minimum atomic E-state index is -5.03. The smallest absolute Gasteiger partial charge is 0.284 e. The van der Waals surface area contributed by atoms with E-state index in [0.29, 0.717) is 6.42 Å². The van der Waals surface area contributed by atoms with E-state index < -0.39 is 46.9 Å². The Morgan fingerprint density at radius 3 is 2.46 bits per heavy atom. The van der Waals surface area contributed by atoms with Crippen LogP contribution >= 0.6 is 23.5 Å². The molecule has 0 aromatic rings. The normalized spacial score (nSPS) is 30.4. The SMILES string of the molecule is CSCCCCC/C(=N\OS(=O)(=O)[O-])S[C@@H]1O[C@H](CO)[C@@H](O)[C@H](O)[C@H]1O. The molecule has 1 aliphatic rings. The van der Waals surface area contributed by atoms with Gasteiger partial charge in [-0.05, 0) is 31.3 Å². The molecule has 10 nitrogen and oxygen atoms in total. The number of aliphatic hydroxyl groups excluding tert-OH is 4. The summed E-state index contributed by atoms with van der Waals surface area (Å²) in [5.74, 6) is 0.970. The summed E-state index contributed by atoms with van der Waals surface area (Å²) in [5, 5.41) is 42.2. The van der Waals surface area contributed by atoms with Gasteiger partial charge in [-0.2, -0.15) is 20.2 Å². The number of thioether (sulfide) groups is 2. The number of aliphatic hydroxyl groups is 4. The number of hydrogen-bond acceptors (Lipinski definition) is 12. The first-order chi connectivity index (χ1) is 12.2. The standard InChI is InChI=1S/C13H25NO9S3/c1-24-6-4-2-3-5-9(14-23-26(19,20)21)25-13-12(18)11(17)10(16)8(7-15)22-13/h8,10-13,15-18H,2-7H2,1H3,(H,19,20,21)/p-1/b14-9+/t8-,10-,11+,12-,13+/m1/s1. The molecule has 1 aliphatic heterocycles. The second-order valence-corrected chi connectivity index (χ2v) is 8.71. The molecule has 0 aromatic carbocycles. The number of unbranched alkanes of at least 4 members (excludes halogenated alkanes) is 2. The maximum absolute atomic E-state index is 10.6. The topological polar surface area (TPSA) is 169 Å². The molecule has 0 bridgehead atoms. The third kappa shape index (κ3) is 8.27. The van der Waals surface area contributed by atoms with E-state index in [-0.39, 0.29) is 11.5 Å². The molecule has 0 unspecified atom stereocenters. The second kappa shape index (κ2) is 11.7. The van der Waals surface area contributed by atoms with Gasteiger partial charge in [-0.1, -0.05) is 23.3 Å². The lowest BCUT2D eigenvalue weighted by Crippen LogP contribution is -2.57. The van der Waals surface area contributed by atoms with Crippen LogP contribution in [0.25, 0.3) is 0 Å². The fourth-order valence-electron chi connectivity index (χ4n) is 2.21. The first-order valence-electron chi connectivity index (χ1n) is 7.87. The molecule has 13 heteroatoms. The molecule has 0 radical (unpaired) electrons. The van der Waals surface area contributed by atoms with Gasteiger partial charge in [0.25, 0.3) is 10.4 Å². The minimum Gasteiger partial charge on any atom is -0.714 e. The fourth-order valence-corrected chi connectivity index (χ4v) is 4.04. The van der Waals surface area contributed by atoms with E-state index in [1.807, 2.05) is 6.26 Å². The van der Waals surface area contributed by atoms with Crippen molar-refractivity contribution >= 4 is 39.0 Å². The highest BCUT2D eigenvalue weighted by atomic mass is 32.3. The van der Waals surface area contributed by atoms with Crippen LogP contribution in [0, 0.1) is 0 Å². The Morgan fingerprint density at radius 2 is 1.88 bits per heavy atom. The number of nitrogens with zero attached hydrogens (tertiary/aromatic N) is 1. The lowest BCUT2D eigenvalue weighted by Gasteiger charge is -2.39. The summed E-state index contributed by atoms with van der Waals surface area (Å²) in [4.78, 5) is 0. The van der Waals surface area contributed by atoms with Gasteiger partial charge >= 0.3 is 0 Å². The molecule has 0 spiro atoms. The number of rotatable bonds is 10. The highest BCUT2D eigenvalue weighted by Gasteiger charge is 2.44. The van der Waals surface area contributed by atoms with E-state index in [1.165, 1.54) is 0 Å². The zero-order chi connectivity index (χ0) is 19.7. The van der Waals surface area contributed by atoms with Crippen molar-refractivity contribution in [3.63, 3.8) is 0 Å². The Bertz CT molecular complexity index is 543. The number of oxime groups is 1. The molecule has 0 aromatic heterocycles. The lowest BCUT2D eigenvalue weighted by molar-refractivity contribution is -0.205. The van der Waals surface area contributed by atoms with Gasteiger partial charge in [0.15, 0.2) is 0 Å². The highest BCUT2D eigenvalue weighted by molar-refractivity contribution is 8.14. The Morgan fingerprint density at radius 1 is 1.19 bits per heavy atom. The minimum absolute atomic E-state index is 0.0814. The molecule has 5 atom stereocenters. The average Bonchev–Trinajstić information content (AvgIpc) is 2.58. The molecule has 154 valence electrons. The van der Waals surface area contributed by atoms with E-state index in [4.69, 9.17) is 4.74 Å². The van der Waals surface area contributed by atoms with Crippen molar-refractivity contribution in [2.24, 2.45) is 5.16 Å². The van der Waals surface area contributed by atoms with Crippen LogP contribution < -0.4 is 0 Å². The molecular weight excluding hydrogens is 410 g/mol. The van der Waals surface area contributed by atoms with E-state index in [0.717, 1.165) is 30.4 Å². The van der Waals surface area contributed by atoms with Gasteiger partial charge in [0, 0.05) is 0 Å². The summed E-state index contributed by atoms with van der Waals surface area (Å²) in [5.41, 5.74) is -1.13. The Hall–Kier alpha value is -0.120. The van der Waals surface area contributed by atoms with Gasteiger partial charge in [0.1, 0.15) is 34.9 Å². The zero-order valence-electron chi connectivity index (χ0n) is 14.1. The van der Waals surface area contributed by atoms with Crippen LogP contribution in [0.3, 0.4) is 0 Å². The Balaban J connectivity index is 2.76. The summed E-state index contributed by atoms with van der Waals surface area (Å²) in [6.07, 6.45) is -1.02. The molecule has 0 aliphatic carbocycles. The van der Waals surface area contributed by atoms with Crippen molar-refractivity contribution in [1.82, 2.24) is 0 Å². The number of ether oxygens (including phenoxy) is 1. The molecule has 1 saturated heterocycles. The third-order valence-electron chi connectivity index (χ3n) is 3.57. The van der Waals surface area contributed by atoms with E-state index >= 15 is 0 Å². The van der Waals surface area contributed by atoms with E-state index in [1.54, 1.807) is 11.8 Å². The zero-order valence-corrected chi connectivity index (χ0v) is 16.6. The van der Waals surface area contributed by atoms with Crippen LogP contribution in [-0.2, 0) is 19.4 Å². The predicted molar refractivity (Wildman–Crippen MR) is 96.4 cm³/mol. The summed E-state index contributed by atoms with van der Waals surface area (Å²) >= 11 is 2.46. The van der Waals surface area contributed by atoms with Crippen molar-refractivity contribution < 1.29 is 42.4 Å². The van der Waals surface area contributed by atoms with Gasteiger partial charge in [0.2, 0.25) is 0 Å². The molecule has 0 amide bonds. The highest BCUT2D eigenvalue weighted by Crippen LogP contribution is 2.30. The summed E-state index contributed by atoms with van der Waals surface area (Å²) in [6.45, 7) is -0.589. The van der Waals surface area contributed by atoms with Gasteiger partial charge in [-0.3, -0.25) is 4.28 Å². The van der Waals surface area contributed by atoms with Crippen LogP contribution in [0.4, 0.5) is 0 Å². The molecule has 0 saturated carbocycles. The summed E-state index contributed by atoms with van der Waals surface area (Å²) in [7, 11) is -5.03. The van der Waals surface area contributed by atoms with Crippen LogP contribution in [0.2, 0.25) is 0 Å². The largest absolute Gasteiger partial charge is 0.714 e. The third-order valence-corrected chi connectivity index (χ3v) is 5.70. The van der Waals surface area contributed by atoms with Gasteiger partial charge in [-0.15, -0.1) is 0 Å².